The fourth-order valence-electron chi connectivity index (χ4n) is 4.62. The van der Waals surface area contributed by atoms with Crippen molar-refractivity contribution in [3.63, 3.8) is 0 Å². The first-order valence-electron chi connectivity index (χ1n) is 12.5. The summed E-state index contributed by atoms with van der Waals surface area (Å²) in [6, 6.07) is 12.5. The van der Waals surface area contributed by atoms with Crippen LogP contribution >= 0.6 is 0 Å². The number of amides is 2. The first kappa shape index (κ1) is 26.0. The monoisotopic (exact) mass is 529 g/mol. The minimum absolute atomic E-state index is 0.0794. The van der Waals surface area contributed by atoms with Crippen LogP contribution in [0.25, 0.3) is 11.3 Å². The van der Waals surface area contributed by atoms with Crippen LogP contribution in [-0.2, 0) is 18.4 Å². The number of halogens is 1. The molecule has 10 nitrogen and oxygen atoms in total. The Hall–Kier alpha value is -4.64. The van der Waals surface area contributed by atoms with Crippen LogP contribution in [0.5, 0.6) is 0 Å². The minimum atomic E-state index is -0.889. The van der Waals surface area contributed by atoms with Gasteiger partial charge in [0, 0.05) is 31.4 Å². The number of hydrogen-bond donors (Lipinski definition) is 3. The second-order valence-electron chi connectivity index (χ2n) is 9.46. The molecule has 2 amide bonds. The van der Waals surface area contributed by atoms with Crippen LogP contribution in [0.1, 0.15) is 40.0 Å². The van der Waals surface area contributed by atoms with Gasteiger partial charge in [0.25, 0.3) is 5.91 Å². The molecule has 2 aromatic carbocycles. The number of fused-ring (bicyclic) bond motifs is 1. The highest BCUT2D eigenvalue weighted by atomic mass is 19.1. The average Bonchev–Trinajstić information content (AvgIpc) is 3.49. The van der Waals surface area contributed by atoms with E-state index in [2.05, 4.69) is 25.7 Å². The molecule has 2 atom stereocenters. The fraction of sp³-hybridized carbons (Fsp3) is 0.250. The summed E-state index contributed by atoms with van der Waals surface area (Å²) in [7, 11) is 1.76. The highest BCUT2D eigenvalue weighted by Gasteiger charge is 2.37. The van der Waals surface area contributed by atoms with Crippen LogP contribution in [0.3, 0.4) is 0 Å². The third-order valence-corrected chi connectivity index (χ3v) is 6.83. The molecule has 200 valence electrons. The lowest BCUT2D eigenvalue weighted by Crippen LogP contribution is -2.46. The Morgan fingerprint density at radius 1 is 1.18 bits per heavy atom. The molecule has 11 heteroatoms. The predicted octanol–water partition coefficient (Wildman–Crippen LogP) is 3.26. The van der Waals surface area contributed by atoms with Crippen molar-refractivity contribution in [2.24, 2.45) is 7.05 Å². The van der Waals surface area contributed by atoms with E-state index in [4.69, 9.17) is 0 Å². The molecule has 0 spiro atoms. The molecule has 2 aromatic heterocycles. The number of aryl methyl sites for hydroxylation is 2. The Labute approximate surface area is 224 Å². The Balaban J connectivity index is 1.35. The number of nitrogens with zero attached hydrogens (tertiary/aromatic N) is 5. The SMILES string of the molecule is Cc1cccc([C@@H](CO)NC(=O)[C@@H](C)N2Cc3ccc(-c4ccnc(Nc5ccnn5C)n4)c(F)c3C2=O)c1. The van der Waals surface area contributed by atoms with Crippen molar-refractivity contribution in [2.45, 2.75) is 32.5 Å². The summed E-state index contributed by atoms with van der Waals surface area (Å²) in [6.07, 6.45) is 3.12. The van der Waals surface area contributed by atoms with Gasteiger partial charge < -0.3 is 20.6 Å². The van der Waals surface area contributed by atoms with Crippen molar-refractivity contribution in [1.29, 1.82) is 0 Å². The summed E-state index contributed by atoms with van der Waals surface area (Å²) < 4.78 is 17.4. The van der Waals surface area contributed by atoms with E-state index in [-0.39, 0.29) is 30.2 Å². The molecule has 39 heavy (non-hydrogen) atoms. The number of hydrogen-bond acceptors (Lipinski definition) is 7. The van der Waals surface area contributed by atoms with Gasteiger partial charge in [0.1, 0.15) is 17.7 Å². The van der Waals surface area contributed by atoms with Gasteiger partial charge in [-0.1, -0.05) is 35.9 Å². The number of anilines is 2. The first-order chi connectivity index (χ1) is 18.8. The zero-order valence-corrected chi connectivity index (χ0v) is 21.7. The molecule has 0 radical (unpaired) electrons. The van der Waals surface area contributed by atoms with Crippen molar-refractivity contribution in [2.75, 3.05) is 11.9 Å². The Morgan fingerprint density at radius 3 is 2.72 bits per heavy atom. The predicted molar refractivity (Wildman–Crippen MR) is 142 cm³/mol. The molecule has 4 aromatic rings. The molecular formula is C28H28FN7O3. The van der Waals surface area contributed by atoms with Crippen LogP contribution in [0.2, 0.25) is 0 Å². The lowest BCUT2D eigenvalue weighted by Gasteiger charge is -2.26. The van der Waals surface area contributed by atoms with Crippen LogP contribution in [0.4, 0.5) is 16.2 Å². The molecular weight excluding hydrogens is 501 g/mol. The first-order valence-corrected chi connectivity index (χ1v) is 12.5. The summed E-state index contributed by atoms with van der Waals surface area (Å²) in [5.41, 5.74) is 2.61. The van der Waals surface area contributed by atoms with E-state index in [1.807, 2.05) is 31.2 Å². The summed E-state index contributed by atoms with van der Waals surface area (Å²) in [4.78, 5) is 36.3. The van der Waals surface area contributed by atoms with Gasteiger partial charge in [-0.2, -0.15) is 5.10 Å². The van der Waals surface area contributed by atoms with Crippen molar-refractivity contribution in [3.05, 3.63) is 89.0 Å². The van der Waals surface area contributed by atoms with Gasteiger partial charge in [-0.25, -0.2) is 14.4 Å². The number of carbonyl (C=O) groups is 2. The molecule has 0 fully saturated rings. The third kappa shape index (κ3) is 5.08. The molecule has 0 saturated carbocycles. The number of carbonyl (C=O) groups excluding carboxylic acids is 2. The zero-order chi connectivity index (χ0) is 27.7. The topological polar surface area (TPSA) is 125 Å². The largest absolute Gasteiger partial charge is 0.394 e. The van der Waals surface area contributed by atoms with Crippen molar-refractivity contribution < 1.29 is 19.1 Å². The second kappa shape index (κ2) is 10.6. The van der Waals surface area contributed by atoms with E-state index in [0.29, 0.717) is 17.1 Å². The molecule has 1 aliphatic rings. The van der Waals surface area contributed by atoms with Crippen LogP contribution in [-0.4, -0.2) is 54.2 Å². The average molecular weight is 530 g/mol. The molecule has 3 heterocycles. The van der Waals surface area contributed by atoms with Gasteiger partial charge in [-0.05, 0) is 37.1 Å². The fourth-order valence-corrected chi connectivity index (χ4v) is 4.62. The number of nitrogens with one attached hydrogen (secondary N) is 2. The number of benzene rings is 2. The lowest BCUT2D eigenvalue weighted by molar-refractivity contribution is -0.126. The summed E-state index contributed by atoms with van der Waals surface area (Å²) in [6.45, 7) is 3.30. The maximum absolute atomic E-state index is 15.8. The standard InChI is InChI=1S/C28H28FN7O3/c1-16-5-4-6-18(13-16)22(15-37)32-26(38)17(2)36-14-19-7-8-20(25(29)24(19)27(36)39)21-9-11-30-28(33-21)34-23-10-12-31-35(23)3/h4-13,17,22,37H,14-15H2,1-3H3,(H,32,38)(H,30,33,34)/t17-,22-/m1/s1. The van der Waals surface area contributed by atoms with Gasteiger partial charge in [0.15, 0.2) is 0 Å². The highest BCUT2D eigenvalue weighted by molar-refractivity contribution is 6.02. The van der Waals surface area contributed by atoms with Crippen molar-refractivity contribution in [3.8, 4) is 11.3 Å². The molecule has 0 bridgehead atoms. The van der Waals surface area contributed by atoms with Gasteiger partial charge in [0.2, 0.25) is 11.9 Å². The number of rotatable bonds is 8. The molecule has 0 saturated heterocycles. The van der Waals surface area contributed by atoms with E-state index in [1.54, 1.807) is 49.1 Å². The van der Waals surface area contributed by atoms with E-state index in [9.17, 15) is 14.7 Å². The zero-order valence-electron chi connectivity index (χ0n) is 21.7. The molecule has 3 N–H and O–H groups in total. The number of aliphatic hydroxyl groups excluding tert-OH is 1. The normalized spacial score (nSPS) is 14.2. The van der Waals surface area contributed by atoms with Gasteiger partial charge in [-0.3, -0.25) is 14.3 Å². The highest BCUT2D eigenvalue weighted by Crippen LogP contribution is 2.33. The number of aromatic nitrogens is 4. The Bertz CT molecular complexity index is 1550. The Kier molecular flexibility index (Phi) is 7.07. The van der Waals surface area contributed by atoms with Crippen molar-refractivity contribution >= 4 is 23.6 Å². The van der Waals surface area contributed by atoms with Gasteiger partial charge in [0.05, 0.1) is 30.1 Å². The van der Waals surface area contributed by atoms with E-state index >= 15 is 4.39 Å². The maximum Gasteiger partial charge on any atom is 0.258 e. The molecule has 0 aliphatic carbocycles. The summed E-state index contributed by atoms with van der Waals surface area (Å²) in [5, 5.41) is 19.8. The van der Waals surface area contributed by atoms with Crippen LogP contribution in [0, 0.1) is 12.7 Å². The van der Waals surface area contributed by atoms with Crippen LogP contribution < -0.4 is 10.6 Å². The smallest absolute Gasteiger partial charge is 0.258 e. The van der Waals surface area contributed by atoms with Crippen molar-refractivity contribution in [1.82, 2.24) is 30.0 Å². The Morgan fingerprint density at radius 2 is 2.00 bits per heavy atom. The quantitative estimate of drug-likeness (QED) is 0.320. The van der Waals surface area contributed by atoms with Gasteiger partial charge >= 0.3 is 0 Å². The van der Waals surface area contributed by atoms with Crippen LogP contribution in [0.15, 0.2) is 60.9 Å². The van der Waals surface area contributed by atoms with E-state index in [0.717, 1.165) is 11.1 Å². The molecule has 1 aliphatic heterocycles. The minimum Gasteiger partial charge on any atom is -0.394 e. The molecule has 5 rings (SSSR count). The lowest BCUT2D eigenvalue weighted by atomic mass is 10.0. The second-order valence-corrected chi connectivity index (χ2v) is 9.46. The number of aliphatic hydroxyl groups is 1. The summed E-state index contributed by atoms with van der Waals surface area (Å²) in [5.74, 6) is -0.818. The summed E-state index contributed by atoms with van der Waals surface area (Å²) >= 11 is 0. The van der Waals surface area contributed by atoms with E-state index < -0.39 is 29.7 Å². The van der Waals surface area contributed by atoms with E-state index in [1.165, 1.54) is 11.1 Å². The maximum atomic E-state index is 15.8. The third-order valence-electron chi connectivity index (χ3n) is 6.83. The molecule has 0 unspecified atom stereocenters. The van der Waals surface area contributed by atoms with Gasteiger partial charge in [-0.15, -0.1) is 0 Å².